The first-order chi connectivity index (χ1) is 10.3. The lowest BCUT2D eigenvalue weighted by Crippen LogP contribution is -2.44. The number of halogens is 1. The molecule has 2 aromatic rings. The van der Waals surface area contributed by atoms with Gasteiger partial charge in [-0.05, 0) is 24.0 Å². The highest BCUT2D eigenvalue weighted by Crippen LogP contribution is 2.33. The minimum atomic E-state index is -0.0545. The molecule has 1 heterocycles. The fourth-order valence-corrected chi connectivity index (χ4v) is 3.52. The number of hydrogen-bond donors (Lipinski definition) is 0. The average Bonchev–Trinajstić information content (AvgIpc) is 2.54. The van der Waals surface area contributed by atoms with Gasteiger partial charge in [-0.2, -0.15) is 0 Å². The second-order valence-corrected chi connectivity index (χ2v) is 6.47. The number of carbonyl (C=O) groups is 1. The van der Waals surface area contributed by atoms with Crippen molar-refractivity contribution in [2.24, 2.45) is 0 Å². The summed E-state index contributed by atoms with van der Waals surface area (Å²) in [5.41, 5.74) is 2.33. The lowest BCUT2D eigenvalue weighted by molar-refractivity contribution is -0.134. The van der Waals surface area contributed by atoms with E-state index in [1.54, 1.807) is 0 Å². The van der Waals surface area contributed by atoms with Crippen molar-refractivity contribution in [2.45, 2.75) is 23.7 Å². The van der Waals surface area contributed by atoms with Crippen LogP contribution in [0.5, 0.6) is 0 Å². The van der Waals surface area contributed by atoms with Gasteiger partial charge < -0.3 is 4.90 Å². The van der Waals surface area contributed by atoms with E-state index in [1.165, 1.54) is 11.1 Å². The summed E-state index contributed by atoms with van der Waals surface area (Å²) < 4.78 is 0. The first-order valence-corrected chi connectivity index (χ1v) is 8.23. The summed E-state index contributed by atoms with van der Waals surface area (Å²) in [4.78, 5) is 14.5. The summed E-state index contributed by atoms with van der Waals surface area (Å²) in [6.45, 7) is 0.815. The van der Waals surface area contributed by atoms with Crippen LogP contribution < -0.4 is 0 Å². The number of nitrogens with zero attached hydrogens (tertiary/aromatic N) is 1. The predicted octanol–water partition coefficient (Wildman–Crippen LogP) is 4.16. The summed E-state index contributed by atoms with van der Waals surface area (Å²) in [7, 11) is 0. The molecule has 1 fully saturated rings. The number of alkyl halides is 1. The minimum absolute atomic E-state index is 0.000231. The highest BCUT2D eigenvalue weighted by molar-refractivity contribution is 9.10. The molecule has 108 valence electrons. The van der Waals surface area contributed by atoms with E-state index in [1.807, 2.05) is 41.3 Å². The Morgan fingerprint density at radius 3 is 2.00 bits per heavy atom. The van der Waals surface area contributed by atoms with Crippen LogP contribution in [-0.4, -0.2) is 22.2 Å². The first-order valence-electron chi connectivity index (χ1n) is 7.32. The van der Waals surface area contributed by atoms with Crippen molar-refractivity contribution in [1.29, 1.82) is 0 Å². The molecule has 21 heavy (non-hydrogen) atoms. The molecule has 1 amide bonds. The molecule has 1 saturated heterocycles. The molecule has 2 aromatic carbocycles. The van der Waals surface area contributed by atoms with E-state index in [4.69, 9.17) is 0 Å². The number of hydrogen-bond acceptors (Lipinski definition) is 1. The molecular weight excluding hydrogens is 326 g/mol. The van der Waals surface area contributed by atoms with E-state index >= 15 is 0 Å². The summed E-state index contributed by atoms with van der Waals surface area (Å²) >= 11 is 3.52. The van der Waals surface area contributed by atoms with Crippen molar-refractivity contribution in [3.05, 3.63) is 71.8 Å². The van der Waals surface area contributed by atoms with E-state index in [-0.39, 0.29) is 16.8 Å². The van der Waals surface area contributed by atoms with Crippen LogP contribution in [0.1, 0.15) is 30.0 Å². The molecule has 0 bridgehead atoms. The Hall–Kier alpha value is -1.61. The van der Waals surface area contributed by atoms with Gasteiger partial charge in [0.1, 0.15) is 0 Å². The average molecular weight is 344 g/mol. The number of benzene rings is 2. The van der Waals surface area contributed by atoms with Crippen molar-refractivity contribution < 1.29 is 4.79 Å². The fourth-order valence-electron chi connectivity index (χ4n) is 2.93. The normalized spacial score (nSPS) is 19.0. The van der Waals surface area contributed by atoms with Crippen LogP contribution in [-0.2, 0) is 4.79 Å². The number of likely N-dealkylation sites (tertiary alicyclic amines) is 1. The Bertz CT molecular complexity index is 560. The van der Waals surface area contributed by atoms with Gasteiger partial charge >= 0.3 is 0 Å². The Kier molecular flexibility index (Phi) is 4.39. The van der Waals surface area contributed by atoms with Crippen LogP contribution in [0.25, 0.3) is 0 Å². The highest BCUT2D eigenvalue weighted by atomic mass is 79.9. The molecule has 0 N–H and O–H groups in total. The third-order valence-electron chi connectivity index (χ3n) is 3.95. The van der Waals surface area contributed by atoms with Crippen LogP contribution in [0, 0.1) is 0 Å². The van der Waals surface area contributed by atoms with Crippen LogP contribution in [0.2, 0.25) is 0 Å². The molecule has 1 aliphatic heterocycles. The van der Waals surface area contributed by atoms with E-state index in [0.29, 0.717) is 0 Å². The summed E-state index contributed by atoms with van der Waals surface area (Å²) in [6.07, 6.45) is 1.96. The molecular formula is C18H18BrNO. The smallest absolute Gasteiger partial charge is 0.237 e. The summed E-state index contributed by atoms with van der Waals surface area (Å²) in [6, 6.07) is 20.6. The van der Waals surface area contributed by atoms with Gasteiger partial charge in [-0.15, -0.1) is 0 Å². The van der Waals surface area contributed by atoms with Crippen LogP contribution in [0.3, 0.4) is 0 Å². The van der Waals surface area contributed by atoms with Gasteiger partial charge in [0, 0.05) is 6.54 Å². The van der Waals surface area contributed by atoms with Gasteiger partial charge in [-0.1, -0.05) is 76.6 Å². The van der Waals surface area contributed by atoms with Crippen LogP contribution >= 0.6 is 15.9 Å². The lowest BCUT2D eigenvalue weighted by Gasteiger charge is -2.37. The van der Waals surface area contributed by atoms with Crippen LogP contribution in [0.15, 0.2) is 60.7 Å². The lowest BCUT2D eigenvalue weighted by atomic mass is 9.95. The van der Waals surface area contributed by atoms with Crippen molar-refractivity contribution >= 4 is 21.8 Å². The zero-order chi connectivity index (χ0) is 14.7. The van der Waals surface area contributed by atoms with Gasteiger partial charge in [-0.3, -0.25) is 4.79 Å². The first kappa shape index (κ1) is 14.3. The van der Waals surface area contributed by atoms with E-state index in [2.05, 4.69) is 40.2 Å². The van der Waals surface area contributed by atoms with Gasteiger partial charge in [0.25, 0.3) is 0 Å². The SMILES string of the molecule is O=C1C(Br)CCCN1C(c1ccccc1)c1ccccc1. The molecule has 2 nitrogen and oxygen atoms in total. The van der Waals surface area contributed by atoms with E-state index < -0.39 is 0 Å². The monoisotopic (exact) mass is 343 g/mol. The van der Waals surface area contributed by atoms with Gasteiger partial charge in [0.2, 0.25) is 5.91 Å². The van der Waals surface area contributed by atoms with E-state index in [0.717, 1.165) is 19.4 Å². The van der Waals surface area contributed by atoms with Crippen molar-refractivity contribution in [2.75, 3.05) is 6.54 Å². The molecule has 3 heteroatoms. The molecule has 0 spiro atoms. The quantitative estimate of drug-likeness (QED) is 0.766. The Labute approximate surface area is 133 Å². The zero-order valence-corrected chi connectivity index (χ0v) is 13.4. The number of piperidine rings is 1. The molecule has 0 radical (unpaired) electrons. The Morgan fingerprint density at radius 2 is 1.48 bits per heavy atom. The number of amides is 1. The van der Waals surface area contributed by atoms with E-state index in [9.17, 15) is 4.79 Å². The predicted molar refractivity (Wildman–Crippen MR) is 88.4 cm³/mol. The fraction of sp³-hybridized carbons (Fsp3) is 0.278. The second-order valence-electron chi connectivity index (χ2n) is 5.37. The summed E-state index contributed by atoms with van der Waals surface area (Å²) in [5, 5.41) is 0. The molecule has 0 saturated carbocycles. The molecule has 0 aromatic heterocycles. The van der Waals surface area contributed by atoms with Gasteiger partial charge in [-0.25, -0.2) is 0 Å². The maximum atomic E-state index is 12.6. The number of rotatable bonds is 3. The largest absolute Gasteiger partial charge is 0.331 e. The summed E-state index contributed by atoms with van der Waals surface area (Å²) in [5.74, 6) is 0.193. The van der Waals surface area contributed by atoms with Crippen molar-refractivity contribution in [1.82, 2.24) is 4.90 Å². The second kappa shape index (κ2) is 6.44. The van der Waals surface area contributed by atoms with Gasteiger partial charge in [0.05, 0.1) is 10.9 Å². The van der Waals surface area contributed by atoms with Gasteiger partial charge in [0.15, 0.2) is 0 Å². The minimum Gasteiger partial charge on any atom is -0.331 e. The standard InChI is InChI=1S/C18H18BrNO/c19-16-12-7-13-20(18(16)21)17(14-8-3-1-4-9-14)15-10-5-2-6-11-15/h1-6,8-11,16-17H,7,12-13H2. The topological polar surface area (TPSA) is 20.3 Å². The van der Waals surface area contributed by atoms with Crippen molar-refractivity contribution in [3.8, 4) is 0 Å². The molecule has 3 rings (SSSR count). The highest BCUT2D eigenvalue weighted by Gasteiger charge is 2.33. The molecule has 1 unspecified atom stereocenters. The third-order valence-corrected chi connectivity index (χ3v) is 4.80. The Morgan fingerprint density at radius 1 is 0.952 bits per heavy atom. The Balaban J connectivity index is 2.02. The maximum absolute atomic E-state index is 12.6. The number of carbonyl (C=O) groups excluding carboxylic acids is 1. The third kappa shape index (κ3) is 3.03. The molecule has 0 aliphatic carbocycles. The maximum Gasteiger partial charge on any atom is 0.237 e. The molecule has 1 aliphatic rings. The zero-order valence-electron chi connectivity index (χ0n) is 11.8. The van der Waals surface area contributed by atoms with Crippen molar-refractivity contribution in [3.63, 3.8) is 0 Å². The molecule has 1 atom stereocenters. The van der Waals surface area contributed by atoms with Crippen LogP contribution in [0.4, 0.5) is 0 Å².